The Bertz CT molecular complexity index is 562. The lowest BCUT2D eigenvalue weighted by molar-refractivity contribution is -0.158. The smallest absolute Gasteiger partial charge is 0.410 e. The molecule has 1 saturated heterocycles. The minimum atomic E-state index is -0.631. The zero-order valence-electron chi connectivity index (χ0n) is 18.5. The minimum Gasteiger partial charge on any atom is -0.463 e. The third-order valence-corrected chi connectivity index (χ3v) is 4.28. The molecule has 1 aliphatic rings. The van der Waals surface area contributed by atoms with Crippen molar-refractivity contribution in [2.45, 2.75) is 60.1 Å². The fourth-order valence-corrected chi connectivity index (χ4v) is 2.46. The van der Waals surface area contributed by atoms with Gasteiger partial charge in [0.25, 0.3) is 0 Å². The van der Waals surface area contributed by atoms with Gasteiger partial charge in [-0.1, -0.05) is 0 Å². The number of ether oxygens (including phenoxy) is 3. The molecule has 1 fully saturated rings. The molecule has 0 radical (unpaired) electrons. The van der Waals surface area contributed by atoms with E-state index in [9.17, 15) is 14.4 Å². The molecule has 28 heavy (non-hydrogen) atoms. The molecule has 0 saturated carbocycles. The van der Waals surface area contributed by atoms with Gasteiger partial charge in [-0.3, -0.25) is 14.5 Å². The van der Waals surface area contributed by atoms with E-state index in [0.717, 1.165) is 0 Å². The van der Waals surface area contributed by atoms with Crippen LogP contribution >= 0.6 is 0 Å². The van der Waals surface area contributed by atoms with Crippen LogP contribution in [0.1, 0.15) is 48.0 Å². The number of carbonyl (C=O) groups is 3. The van der Waals surface area contributed by atoms with E-state index in [2.05, 4.69) is 0 Å². The van der Waals surface area contributed by atoms with Gasteiger partial charge in [0.15, 0.2) is 0 Å². The average molecular weight is 401 g/mol. The summed E-state index contributed by atoms with van der Waals surface area (Å²) in [5, 5.41) is 0. The first-order chi connectivity index (χ1) is 12.7. The molecular weight excluding hydrogens is 364 g/mol. The van der Waals surface area contributed by atoms with Gasteiger partial charge in [0.1, 0.15) is 19.3 Å². The first kappa shape index (κ1) is 24.2. The number of rotatable bonds is 6. The van der Waals surface area contributed by atoms with E-state index >= 15 is 0 Å². The Hall–Kier alpha value is -1.83. The number of likely N-dealkylation sites (tertiary alicyclic amines) is 1. The third kappa shape index (κ3) is 7.66. The molecule has 0 aliphatic carbocycles. The highest BCUT2D eigenvalue weighted by molar-refractivity contribution is 5.76. The first-order valence-electron chi connectivity index (χ1n) is 9.68. The summed E-state index contributed by atoms with van der Waals surface area (Å²) in [6.07, 6.45) is -0.540. The molecule has 0 N–H and O–H groups in total. The summed E-state index contributed by atoms with van der Waals surface area (Å²) in [5.74, 6) is -0.672. The van der Waals surface area contributed by atoms with E-state index in [4.69, 9.17) is 14.2 Å². The predicted octanol–water partition coefficient (Wildman–Crippen LogP) is 2.31. The van der Waals surface area contributed by atoms with Crippen LogP contribution in [0, 0.1) is 10.8 Å². The molecule has 162 valence electrons. The van der Waals surface area contributed by atoms with Crippen molar-refractivity contribution in [1.29, 1.82) is 0 Å². The average Bonchev–Trinajstić information content (AvgIpc) is 2.93. The summed E-state index contributed by atoms with van der Waals surface area (Å²) < 4.78 is 16.3. The van der Waals surface area contributed by atoms with Crippen molar-refractivity contribution in [3.8, 4) is 0 Å². The standard InChI is InChI=1S/C20H36N2O6/c1-19(2,3)16(23)27-13-14-11-15(28-17(24)20(4,5)6)12-22(14)18(25)26-10-9-21(7)8/h14-15H,9-13H2,1-8H3/t14-,15+/m0/s1. The van der Waals surface area contributed by atoms with Crippen LogP contribution in [-0.2, 0) is 23.8 Å². The van der Waals surface area contributed by atoms with Gasteiger partial charge in [0.05, 0.1) is 23.4 Å². The summed E-state index contributed by atoms with van der Waals surface area (Å²) >= 11 is 0. The fourth-order valence-electron chi connectivity index (χ4n) is 2.46. The Morgan fingerprint density at radius 2 is 1.54 bits per heavy atom. The highest BCUT2D eigenvalue weighted by Gasteiger charge is 2.40. The summed E-state index contributed by atoms with van der Waals surface area (Å²) in [6.45, 7) is 11.8. The molecule has 0 unspecified atom stereocenters. The van der Waals surface area contributed by atoms with Gasteiger partial charge in [-0.05, 0) is 55.6 Å². The van der Waals surface area contributed by atoms with Crippen molar-refractivity contribution in [1.82, 2.24) is 9.80 Å². The van der Waals surface area contributed by atoms with Crippen LogP contribution < -0.4 is 0 Å². The maximum absolute atomic E-state index is 12.5. The van der Waals surface area contributed by atoms with Gasteiger partial charge in [-0.25, -0.2) is 4.79 Å². The Morgan fingerprint density at radius 1 is 0.964 bits per heavy atom. The van der Waals surface area contributed by atoms with Gasteiger partial charge in [-0.2, -0.15) is 0 Å². The predicted molar refractivity (Wildman–Crippen MR) is 105 cm³/mol. The molecule has 8 heteroatoms. The Morgan fingerprint density at radius 3 is 2.04 bits per heavy atom. The SMILES string of the molecule is CN(C)CCOC(=O)N1C[C@H](OC(=O)C(C)(C)C)C[C@H]1COC(=O)C(C)(C)C. The Kier molecular flexibility index (Phi) is 8.29. The molecule has 0 aromatic heterocycles. The number of carbonyl (C=O) groups excluding carboxylic acids is 3. The lowest BCUT2D eigenvalue weighted by Gasteiger charge is -2.25. The molecule has 1 heterocycles. The summed E-state index contributed by atoms with van der Waals surface area (Å²) in [7, 11) is 3.78. The lowest BCUT2D eigenvalue weighted by atomic mass is 9.97. The molecule has 1 rings (SSSR count). The molecule has 2 atom stereocenters. The van der Waals surface area contributed by atoms with Crippen molar-refractivity contribution < 1.29 is 28.6 Å². The van der Waals surface area contributed by atoms with Crippen LogP contribution in [0.5, 0.6) is 0 Å². The normalized spacial score (nSPS) is 20.2. The summed E-state index contributed by atoms with van der Waals surface area (Å²) in [5.41, 5.74) is -1.26. The molecule has 1 amide bonds. The fraction of sp³-hybridized carbons (Fsp3) is 0.850. The number of hydrogen-bond donors (Lipinski definition) is 0. The van der Waals surface area contributed by atoms with E-state index in [1.54, 1.807) is 41.5 Å². The highest BCUT2D eigenvalue weighted by atomic mass is 16.6. The van der Waals surface area contributed by atoms with E-state index in [1.807, 2.05) is 19.0 Å². The van der Waals surface area contributed by atoms with Gasteiger partial charge in [0, 0.05) is 13.0 Å². The topological polar surface area (TPSA) is 85.4 Å². The summed E-state index contributed by atoms with van der Waals surface area (Å²) in [6, 6.07) is -0.393. The molecule has 1 aliphatic heterocycles. The maximum atomic E-state index is 12.5. The molecule has 8 nitrogen and oxygen atoms in total. The maximum Gasteiger partial charge on any atom is 0.410 e. The van der Waals surface area contributed by atoms with Crippen molar-refractivity contribution in [2.24, 2.45) is 10.8 Å². The van der Waals surface area contributed by atoms with Gasteiger partial charge in [0.2, 0.25) is 0 Å². The van der Waals surface area contributed by atoms with Gasteiger partial charge in [-0.15, -0.1) is 0 Å². The quantitative estimate of drug-likeness (QED) is 0.499. The van der Waals surface area contributed by atoms with Crippen LogP contribution in [0.2, 0.25) is 0 Å². The van der Waals surface area contributed by atoms with E-state index in [-0.39, 0.29) is 31.7 Å². The molecular formula is C20H36N2O6. The Balaban J connectivity index is 2.77. The number of nitrogens with zero attached hydrogens (tertiary/aromatic N) is 2. The van der Waals surface area contributed by atoms with Gasteiger partial charge >= 0.3 is 18.0 Å². The largest absolute Gasteiger partial charge is 0.463 e. The number of amides is 1. The minimum absolute atomic E-state index is 0.0441. The third-order valence-electron chi connectivity index (χ3n) is 4.28. The molecule has 0 bridgehead atoms. The van der Waals surface area contributed by atoms with Gasteiger partial charge < -0.3 is 19.1 Å². The van der Waals surface area contributed by atoms with E-state index in [1.165, 1.54) is 4.90 Å². The Labute approximate surface area is 168 Å². The van der Waals surface area contributed by atoms with Crippen molar-refractivity contribution in [3.05, 3.63) is 0 Å². The zero-order chi connectivity index (χ0) is 21.7. The van der Waals surface area contributed by atoms with E-state index < -0.39 is 29.1 Å². The van der Waals surface area contributed by atoms with Crippen LogP contribution in [0.15, 0.2) is 0 Å². The second-order valence-electron chi connectivity index (χ2n) is 9.59. The van der Waals surface area contributed by atoms with Crippen molar-refractivity contribution >= 4 is 18.0 Å². The van der Waals surface area contributed by atoms with Crippen LogP contribution in [0.25, 0.3) is 0 Å². The zero-order valence-corrected chi connectivity index (χ0v) is 18.5. The van der Waals surface area contributed by atoms with Crippen LogP contribution in [0.3, 0.4) is 0 Å². The summed E-state index contributed by atoms with van der Waals surface area (Å²) in [4.78, 5) is 40.2. The second-order valence-corrected chi connectivity index (χ2v) is 9.59. The molecule has 0 aromatic carbocycles. The van der Waals surface area contributed by atoms with Crippen molar-refractivity contribution in [2.75, 3.05) is 40.4 Å². The van der Waals surface area contributed by atoms with Crippen LogP contribution in [-0.4, -0.2) is 80.4 Å². The highest BCUT2D eigenvalue weighted by Crippen LogP contribution is 2.26. The number of likely N-dealkylation sites (N-methyl/N-ethyl adjacent to an activating group) is 1. The molecule has 0 spiro atoms. The van der Waals surface area contributed by atoms with Crippen molar-refractivity contribution in [3.63, 3.8) is 0 Å². The number of hydrogen-bond acceptors (Lipinski definition) is 7. The first-order valence-corrected chi connectivity index (χ1v) is 9.68. The molecule has 0 aromatic rings. The lowest BCUT2D eigenvalue weighted by Crippen LogP contribution is -2.41. The monoisotopic (exact) mass is 400 g/mol. The second kappa shape index (κ2) is 9.58. The van der Waals surface area contributed by atoms with Crippen LogP contribution in [0.4, 0.5) is 4.79 Å². The number of esters is 2. The van der Waals surface area contributed by atoms with E-state index in [0.29, 0.717) is 13.0 Å².